The number of halogens is 1. The van der Waals surface area contributed by atoms with Crippen molar-refractivity contribution < 1.29 is 9.72 Å². The summed E-state index contributed by atoms with van der Waals surface area (Å²) >= 11 is 3.36. The molecule has 2 aromatic carbocycles. The Kier molecular flexibility index (Phi) is 4.14. The third-order valence-corrected chi connectivity index (χ3v) is 3.60. The molecular weight excluding hydrogens is 324 g/mol. The Labute approximate surface area is 123 Å². The highest BCUT2D eigenvalue weighted by Gasteiger charge is 2.10. The number of hydrogen-bond acceptors (Lipinski definition) is 3. The Balaban J connectivity index is 2.21. The van der Waals surface area contributed by atoms with Crippen LogP contribution >= 0.6 is 15.9 Å². The van der Waals surface area contributed by atoms with Gasteiger partial charge in [0, 0.05) is 27.9 Å². The third-order valence-electron chi connectivity index (χ3n) is 2.75. The lowest BCUT2D eigenvalue weighted by Gasteiger charge is -2.06. The normalized spacial score (nSPS) is 10.1. The Morgan fingerprint density at radius 3 is 2.65 bits per heavy atom. The number of anilines is 1. The van der Waals surface area contributed by atoms with Crippen LogP contribution in [-0.2, 0) is 0 Å². The Hall–Kier alpha value is -2.21. The summed E-state index contributed by atoms with van der Waals surface area (Å²) in [5.41, 5.74) is 1.83. The van der Waals surface area contributed by atoms with Crippen molar-refractivity contribution in [2.45, 2.75) is 6.92 Å². The molecule has 0 heterocycles. The summed E-state index contributed by atoms with van der Waals surface area (Å²) < 4.78 is 0.837. The third kappa shape index (κ3) is 3.21. The predicted molar refractivity (Wildman–Crippen MR) is 79.9 cm³/mol. The maximum atomic E-state index is 12.1. The molecule has 0 spiro atoms. The number of rotatable bonds is 3. The molecule has 2 rings (SSSR count). The summed E-state index contributed by atoms with van der Waals surface area (Å²) in [4.78, 5) is 22.2. The SMILES string of the molecule is Cc1ccc(C(=O)Nc2cccc([N+](=O)[O-])c2)cc1Br. The quantitative estimate of drug-likeness (QED) is 0.683. The van der Waals surface area contributed by atoms with Gasteiger partial charge < -0.3 is 5.32 Å². The van der Waals surface area contributed by atoms with E-state index in [1.807, 2.05) is 13.0 Å². The van der Waals surface area contributed by atoms with Crippen LogP contribution in [-0.4, -0.2) is 10.8 Å². The van der Waals surface area contributed by atoms with Gasteiger partial charge in [0.25, 0.3) is 11.6 Å². The molecule has 20 heavy (non-hydrogen) atoms. The number of carbonyl (C=O) groups is 1. The molecule has 5 nitrogen and oxygen atoms in total. The van der Waals surface area contributed by atoms with E-state index >= 15 is 0 Å². The summed E-state index contributed by atoms with van der Waals surface area (Å²) in [7, 11) is 0. The van der Waals surface area contributed by atoms with Crippen LogP contribution < -0.4 is 5.32 Å². The van der Waals surface area contributed by atoms with E-state index < -0.39 is 4.92 Å². The zero-order valence-corrected chi connectivity index (χ0v) is 12.2. The molecule has 0 radical (unpaired) electrons. The van der Waals surface area contributed by atoms with Gasteiger partial charge in [-0.3, -0.25) is 14.9 Å². The Morgan fingerprint density at radius 2 is 2.00 bits per heavy atom. The molecule has 0 saturated heterocycles. The number of hydrogen-bond donors (Lipinski definition) is 1. The van der Waals surface area contributed by atoms with Crippen molar-refractivity contribution >= 4 is 33.2 Å². The first-order valence-corrected chi connectivity index (χ1v) is 6.58. The number of amides is 1. The Morgan fingerprint density at radius 1 is 1.25 bits per heavy atom. The number of aryl methyl sites for hydroxylation is 1. The van der Waals surface area contributed by atoms with Crippen LogP contribution in [0.1, 0.15) is 15.9 Å². The number of benzene rings is 2. The van der Waals surface area contributed by atoms with Gasteiger partial charge in [-0.1, -0.05) is 28.1 Å². The smallest absolute Gasteiger partial charge is 0.271 e. The van der Waals surface area contributed by atoms with Crippen LogP contribution in [0.15, 0.2) is 46.9 Å². The fourth-order valence-electron chi connectivity index (χ4n) is 1.63. The van der Waals surface area contributed by atoms with Gasteiger partial charge in [0.1, 0.15) is 0 Å². The second-order valence-electron chi connectivity index (χ2n) is 4.23. The largest absolute Gasteiger partial charge is 0.322 e. The van der Waals surface area contributed by atoms with Crippen molar-refractivity contribution in [1.82, 2.24) is 0 Å². The first-order valence-electron chi connectivity index (χ1n) is 5.79. The van der Waals surface area contributed by atoms with Gasteiger partial charge in [0.05, 0.1) is 4.92 Å². The molecule has 1 N–H and O–H groups in total. The van der Waals surface area contributed by atoms with Crippen LogP contribution in [0.4, 0.5) is 11.4 Å². The molecule has 0 aromatic heterocycles. The van der Waals surface area contributed by atoms with Crippen LogP contribution in [0.25, 0.3) is 0 Å². The molecule has 6 heteroatoms. The molecule has 0 aliphatic carbocycles. The monoisotopic (exact) mass is 334 g/mol. The first-order chi connectivity index (χ1) is 9.47. The lowest BCUT2D eigenvalue weighted by molar-refractivity contribution is -0.384. The lowest BCUT2D eigenvalue weighted by atomic mass is 10.1. The van der Waals surface area contributed by atoms with Crippen molar-refractivity contribution in [1.29, 1.82) is 0 Å². The molecule has 0 bridgehead atoms. The number of nitro groups is 1. The molecular formula is C14H11BrN2O3. The molecule has 0 aliphatic rings. The summed E-state index contributed by atoms with van der Waals surface area (Å²) in [5, 5.41) is 13.3. The van der Waals surface area contributed by atoms with E-state index in [-0.39, 0.29) is 11.6 Å². The molecule has 0 aliphatic heterocycles. The van der Waals surface area contributed by atoms with Gasteiger partial charge in [-0.15, -0.1) is 0 Å². The minimum absolute atomic E-state index is 0.0621. The minimum atomic E-state index is -0.502. The topological polar surface area (TPSA) is 72.2 Å². The van der Waals surface area contributed by atoms with Crippen molar-refractivity contribution in [2.75, 3.05) is 5.32 Å². The van der Waals surface area contributed by atoms with Gasteiger partial charge in [0.15, 0.2) is 0 Å². The van der Waals surface area contributed by atoms with E-state index in [0.717, 1.165) is 10.0 Å². The number of nitrogens with one attached hydrogen (secondary N) is 1. The molecule has 0 fully saturated rings. The lowest BCUT2D eigenvalue weighted by Crippen LogP contribution is -2.12. The van der Waals surface area contributed by atoms with E-state index in [2.05, 4.69) is 21.2 Å². The van der Waals surface area contributed by atoms with Crippen molar-refractivity contribution in [3.05, 3.63) is 68.2 Å². The van der Waals surface area contributed by atoms with Crippen LogP contribution in [0.2, 0.25) is 0 Å². The second kappa shape index (κ2) is 5.83. The van der Waals surface area contributed by atoms with Gasteiger partial charge in [-0.05, 0) is 30.7 Å². The van der Waals surface area contributed by atoms with Gasteiger partial charge in [-0.25, -0.2) is 0 Å². The zero-order valence-electron chi connectivity index (χ0n) is 10.6. The predicted octanol–water partition coefficient (Wildman–Crippen LogP) is 3.92. The van der Waals surface area contributed by atoms with E-state index in [1.165, 1.54) is 18.2 Å². The maximum absolute atomic E-state index is 12.1. The number of nitro benzene ring substituents is 1. The molecule has 2 aromatic rings. The van der Waals surface area contributed by atoms with Gasteiger partial charge in [0.2, 0.25) is 0 Å². The summed E-state index contributed by atoms with van der Waals surface area (Å²) in [6.07, 6.45) is 0. The minimum Gasteiger partial charge on any atom is -0.322 e. The number of nitrogens with zero attached hydrogens (tertiary/aromatic N) is 1. The van der Waals surface area contributed by atoms with E-state index in [9.17, 15) is 14.9 Å². The molecule has 1 amide bonds. The highest BCUT2D eigenvalue weighted by atomic mass is 79.9. The van der Waals surface area contributed by atoms with Crippen molar-refractivity contribution in [2.24, 2.45) is 0 Å². The van der Waals surface area contributed by atoms with E-state index in [4.69, 9.17) is 0 Å². The van der Waals surface area contributed by atoms with E-state index in [0.29, 0.717) is 11.3 Å². The molecule has 0 atom stereocenters. The van der Waals surface area contributed by atoms with Crippen LogP contribution in [0, 0.1) is 17.0 Å². The van der Waals surface area contributed by atoms with Crippen molar-refractivity contribution in [3.8, 4) is 0 Å². The van der Waals surface area contributed by atoms with Gasteiger partial charge >= 0.3 is 0 Å². The maximum Gasteiger partial charge on any atom is 0.271 e. The fraction of sp³-hybridized carbons (Fsp3) is 0.0714. The van der Waals surface area contributed by atoms with Gasteiger partial charge in [-0.2, -0.15) is 0 Å². The average molecular weight is 335 g/mol. The van der Waals surface area contributed by atoms with Crippen LogP contribution in [0.5, 0.6) is 0 Å². The zero-order chi connectivity index (χ0) is 14.7. The summed E-state index contributed by atoms with van der Waals surface area (Å²) in [6, 6.07) is 11.1. The fourth-order valence-corrected chi connectivity index (χ4v) is 2.01. The Bertz CT molecular complexity index is 686. The number of carbonyl (C=O) groups excluding carboxylic acids is 1. The first kappa shape index (κ1) is 14.2. The summed E-state index contributed by atoms with van der Waals surface area (Å²) in [6.45, 7) is 1.92. The second-order valence-corrected chi connectivity index (χ2v) is 5.08. The number of non-ortho nitro benzene ring substituents is 1. The molecule has 102 valence electrons. The van der Waals surface area contributed by atoms with Crippen molar-refractivity contribution in [3.63, 3.8) is 0 Å². The van der Waals surface area contributed by atoms with Crippen LogP contribution in [0.3, 0.4) is 0 Å². The average Bonchev–Trinajstić information content (AvgIpc) is 2.42. The highest BCUT2D eigenvalue weighted by Crippen LogP contribution is 2.20. The standard InChI is InChI=1S/C14H11BrN2O3/c1-9-5-6-10(7-13(9)15)14(18)16-11-3-2-4-12(8-11)17(19)20/h2-8H,1H3,(H,16,18). The molecule has 0 saturated carbocycles. The summed E-state index contributed by atoms with van der Waals surface area (Å²) in [5.74, 6) is -0.314. The molecule has 0 unspecified atom stereocenters. The van der Waals surface area contributed by atoms with E-state index in [1.54, 1.807) is 18.2 Å². The highest BCUT2D eigenvalue weighted by molar-refractivity contribution is 9.10.